The fourth-order valence-corrected chi connectivity index (χ4v) is 1.87. The maximum Gasteiger partial charge on any atom is 0.412 e. The van der Waals surface area contributed by atoms with Gasteiger partial charge in [-0.25, -0.2) is 4.79 Å². The number of ether oxygens (including phenoxy) is 1. The Morgan fingerprint density at radius 3 is 2.58 bits per heavy atom. The number of para-hydroxylation sites is 1. The Kier molecular flexibility index (Phi) is 3.85. The summed E-state index contributed by atoms with van der Waals surface area (Å²) in [6, 6.07) is 8.98. The van der Waals surface area contributed by atoms with Gasteiger partial charge in [0.1, 0.15) is 5.75 Å². The summed E-state index contributed by atoms with van der Waals surface area (Å²) in [5.41, 5.74) is 2.98. The van der Waals surface area contributed by atoms with Crippen LogP contribution in [-0.2, 0) is 13.6 Å². The molecule has 1 heterocycles. The highest BCUT2D eigenvalue weighted by molar-refractivity contribution is 5.70. The summed E-state index contributed by atoms with van der Waals surface area (Å²) in [5, 5.41) is 7.03. The fourth-order valence-electron chi connectivity index (χ4n) is 1.87. The third-order valence-electron chi connectivity index (χ3n) is 3.02. The summed E-state index contributed by atoms with van der Waals surface area (Å²) in [5.74, 6) is 0.527. The standard InChI is InChI=1S/C14H17N3O2/c1-10-13(11(2)17(3)16-10)9-15-14(18)19-12-7-5-4-6-8-12/h4-8H,9H2,1-3H3,(H,15,18). The van der Waals surface area contributed by atoms with Crippen molar-refractivity contribution in [3.63, 3.8) is 0 Å². The molecule has 19 heavy (non-hydrogen) atoms. The first-order chi connectivity index (χ1) is 9.08. The van der Waals surface area contributed by atoms with E-state index in [1.165, 1.54) is 0 Å². The summed E-state index contributed by atoms with van der Waals surface area (Å²) < 4.78 is 6.95. The van der Waals surface area contributed by atoms with Crippen molar-refractivity contribution in [1.29, 1.82) is 0 Å². The number of carbonyl (C=O) groups is 1. The largest absolute Gasteiger partial charge is 0.412 e. The Bertz CT molecular complexity index is 576. The van der Waals surface area contributed by atoms with Gasteiger partial charge in [-0.15, -0.1) is 0 Å². The first kappa shape index (κ1) is 13.1. The van der Waals surface area contributed by atoms with Gasteiger partial charge in [-0.2, -0.15) is 5.10 Å². The van der Waals surface area contributed by atoms with E-state index in [2.05, 4.69) is 10.4 Å². The van der Waals surface area contributed by atoms with Crippen LogP contribution in [0.3, 0.4) is 0 Å². The first-order valence-corrected chi connectivity index (χ1v) is 6.07. The Labute approximate surface area is 112 Å². The van der Waals surface area contributed by atoms with E-state index in [1.807, 2.05) is 39.1 Å². The van der Waals surface area contributed by atoms with Gasteiger partial charge in [0.15, 0.2) is 0 Å². The lowest BCUT2D eigenvalue weighted by molar-refractivity contribution is 0.200. The number of carbonyl (C=O) groups excluding carboxylic acids is 1. The fraction of sp³-hybridized carbons (Fsp3) is 0.286. The topological polar surface area (TPSA) is 56.2 Å². The molecule has 100 valence electrons. The third-order valence-corrected chi connectivity index (χ3v) is 3.02. The Balaban J connectivity index is 1.94. The zero-order valence-corrected chi connectivity index (χ0v) is 11.3. The molecule has 1 N–H and O–H groups in total. The summed E-state index contributed by atoms with van der Waals surface area (Å²) in [6.07, 6.45) is -0.464. The van der Waals surface area contributed by atoms with Gasteiger partial charge in [-0.05, 0) is 26.0 Å². The smallest absolute Gasteiger partial charge is 0.410 e. The Morgan fingerprint density at radius 1 is 1.32 bits per heavy atom. The number of benzene rings is 1. The SMILES string of the molecule is Cc1nn(C)c(C)c1CNC(=O)Oc1ccccc1. The highest BCUT2D eigenvalue weighted by Crippen LogP contribution is 2.12. The van der Waals surface area contributed by atoms with Crippen LogP contribution < -0.4 is 10.1 Å². The second-order valence-corrected chi connectivity index (χ2v) is 4.33. The molecule has 2 rings (SSSR count). The van der Waals surface area contributed by atoms with Gasteiger partial charge in [0.05, 0.1) is 5.69 Å². The lowest BCUT2D eigenvalue weighted by Crippen LogP contribution is -2.26. The summed E-state index contributed by atoms with van der Waals surface area (Å²) >= 11 is 0. The van der Waals surface area contributed by atoms with Crippen molar-refractivity contribution in [2.24, 2.45) is 7.05 Å². The molecule has 5 nitrogen and oxygen atoms in total. The molecule has 0 unspecified atom stereocenters. The van der Waals surface area contributed by atoms with E-state index in [9.17, 15) is 4.79 Å². The molecule has 5 heteroatoms. The molecule has 0 radical (unpaired) electrons. The van der Waals surface area contributed by atoms with E-state index in [4.69, 9.17) is 4.74 Å². The Morgan fingerprint density at radius 2 is 2.00 bits per heavy atom. The highest BCUT2D eigenvalue weighted by atomic mass is 16.5. The summed E-state index contributed by atoms with van der Waals surface area (Å²) in [6.45, 7) is 4.31. The molecule has 0 aliphatic heterocycles. The molecule has 0 spiro atoms. The van der Waals surface area contributed by atoms with E-state index in [-0.39, 0.29) is 0 Å². The number of nitrogens with zero attached hydrogens (tertiary/aromatic N) is 2. The third kappa shape index (κ3) is 3.13. The minimum atomic E-state index is -0.464. The van der Waals surface area contributed by atoms with Crippen LogP contribution in [-0.4, -0.2) is 15.9 Å². The number of amides is 1. The van der Waals surface area contributed by atoms with Gasteiger partial charge >= 0.3 is 6.09 Å². The van der Waals surface area contributed by atoms with Crippen molar-refractivity contribution < 1.29 is 9.53 Å². The maximum atomic E-state index is 11.7. The Hall–Kier alpha value is -2.30. The lowest BCUT2D eigenvalue weighted by Gasteiger charge is -2.06. The number of hydrogen-bond donors (Lipinski definition) is 1. The van der Waals surface area contributed by atoms with Crippen molar-refractivity contribution in [1.82, 2.24) is 15.1 Å². The molecule has 1 aromatic heterocycles. The van der Waals surface area contributed by atoms with E-state index < -0.39 is 6.09 Å². The van der Waals surface area contributed by atoms with Crippen LogP contribution in [0.25, 0.3) is 0 Å². The molecule has 2 aromatic rings. The van der Waals surface area contributed by atoms with Gasteiger partial charge in [-0.1, -0.05) is 18.2 Å². The predicted molar refractivity (Wildman–Crippen MR) is 72.0 cm³/mol. The van der Waals surface area contributed by atoms with Crippen LogP contribution in [0.1, 0.15) is 17.0 Å². The van der Waals surface area contributed by atoms with Crippen molar-refractivity contribution in [3.05, 3.63) is 47.3 Å². The van der Waals surface area contributed by atoms with Crippen molar-refractivity contribution in [2.75, 3.05) is 0 Å². The monoisotopic (exact) mass is 259 g/mol. The van der Waals surface area contributed by atoms with Gasteiger partial charge in [0.25, 0.3) is 0 Å². The number of hydrogen-bond acceptors (Lipinski definition) is 3. The van der Waals surface area contributed by atoms with Gasteiger partial charge in [0.2, 0.25) is 0 Å². The van der Waals surface area contributed by atoms with Gasteiger partial charge in [-0.3, -0.25) is 4.68 Å². The molecule has 0 bridgehead atoms. The highest BCUT2D eigenvalue weighted by Gasteiger charge is 2.11. The number of aromatic nitrogens is 2. The normalized spacial score (nSPS) is 10.3. The molecule has 0 saturated heterocycles. The van der Waals surface area contributed by atoms with Crippen LogP contribution in [0.2, 0.25) is 0 Å². The van der Waals surface area contributed by atoms with Crippen LogP contribution in [0.5, 0.6) is 5.75 Å². The summed E-state index contributed by atoms with van der Waals surface area (Å²) in [4.78, 5) is 11.7. The van der Waals surface area contributed by atoms with Crippen molar-refractivity contribution in [2.45, 2.75) is 20.4 Å². The number of rotatable bonds is 3. The number of aryl methyl sites for hydroxylation is 2. The average molecular weight is 259 g/mol. The average Bonchev–Trinajstić information content (AvgIpc) is 2.62. The molecule has 1 aromatic carbocycles. The van der Waals surface area contributed by atoms with Crippen LogP contribution in [0, 0.1) is 13.8 Å². The van der Waals surface area contributed by atoms with Gasteiger partial charge < -0.3 is 10.1 Å². The molecule has 1 amide bonds. The van der Waals surface area contributed by atoms with Gasteiger partial charge in [0, 0.05) is 24.8 Å². The first-order valence-electron chi connectivity index (χ1n) is 6.07. The van der Waals surface area contributed by atoms with E-state index in [1.54, 1.807) is 16.8 Å². The minimum Gasteiger partial charge on any atom is -0.410 e. The van der Waals surface area contributed by atoms with Crippen molar-refractivity contribution >= 4 is 6.09 Å². The van der Waals surface area contributed by atoms with E-state index in [0.717, 1.165) is 17.0 Å². The van der Waals surface area contributed by atoms with Crippen LogP contribution in [0.15, 0.2) is 30.3 Å². The zero-order chi connectivity index (χ0) is 13.8. The second kappa shape index (κ2) is 5.56. The van der Waals surface area contributed by atoms with E-state index in [0.29, 0.717) is 12.3 Å². The lowest BCUT2D eigenvalue weighted by atomic mass is 10.2. The van der Waals surface area contributed by atoms with Crippen LogP contribution >= 0.6 is 0 Å². The van der Waals surface area contributed by atoms with Crippen molar-refractivity contribution in [3.8, 4) is 5.75 Å². The minimum absolute atomic E-state index is 0.414. The molecule has 0 fully saturated rings. The quantitative estimate of drug-likeness (QED) is 0.920. The zero-order valence-electron chi connectivity index (χ0n) is 11.3. The molecule has 0 saturated carbocycles. The number of nitrogens with one attached hydrogen (secondary N) is 1. The summed E-state index contributed by atoms with van der Waals surface area (Å²) in [7, 11) is 1.88. The molecule has 0 aliphatic rings. The van der Waals surface area contributed by atoms with E-state index >= 15 is 0 Å². The maximum absolute atomic E-state index is 11.7. The molecular formula is C14H17N3O2. The molecular weight excluding hydrogens is 242 g/mol. The predicted octanol–water partition coefficient (Wildman–Crippen LogP) is 2.33. The second-order valence-electron chi connectivity index (χ2n) is 4.33. The van der Waals surface area contributed by atoms with Crippen LogP contribution in [0.4, 0.5) is 4.79 Å². The molecule has 0 aliphatic carbocycles. The molecule has 0 atom stereocenters.